The summed E-state index contributed by atoms with van der Waals surface area (Å²) in [5.74, 6) is -1.95. The topological polar surface area (TPSA) is 90.4 Å². The van der Waals surface area contributed by atoms with E-state index in [-0.39, 0.29) is 24.4 Å². The third-order valence-corrected chi connectivity index (χ3v) is 11.4. The number of anilines is 2. The number of carbonyl (C=O) groups excluding carboxylic acids is 3. The Labute approximate surface area is 260 Å². The average molecular weight is 610 g/mol. The maximum absolute atomic E-state index is 14.7. The lowest BCUT2D eigenvalue weighted by Gasteiger charge is -2.37. The van der Waals surface area contributed by atoms with Crippen LogP contribution in [0.5, 0.6) is 0 Å². The molecule has 1 unspecified atom stereocenters. The predicted molar refractivity (Wildman–Crippen MR) is 172 cm³/mol. The van der Waals surface area contributed by atoms with Crippen LogP contribution < -0.4 is 9.80 Å². The number of amides is 2. The van der Waals surface area contributed by atoms with Crippen LogP contribution in [0.1, 0.15) is 65.7 Å². The van der Waals surface area contributed by atoms with Crippen molar-refractivity contribution in [2.45, 2.75) is 81.3 Å². The van der Waals surface area contributed by atoms with Gasteiger partial charge >= 0.3 is 5.97 Å². The summed E-state index contributed by atoms with van der Waals surface area (Å²) >= 11 is 1.60. The van der Waals surface area contributed by atoms with Gasteiger partial charge in [0.15, 0.2) is 0 Å². The van der Waals surface area contributed by atoms with Crippen molar-refractivity contribution in [3.63, 3.8) is 0 Å². The molecule has 4 aliphatic rings. The van der Waals surface area contributed by atoms with Crippen molar-refractivity contribution in [2.75, 3.05) is 49.2 Å². The van der Waals surface area contributed by atoms with Crippen LogP contribution in [0, 0.1) is 11.8 Å². The monoisotopic (exact) mass is 609 g/mol. The fourth-order valence-corrected chi connectivity index (χ4v) is 9.60. The largest absolute Gasteiger partial charge is 0.465 e. The molecule has 4 heterocycles. The molecule has 5 atom stereocenters. The van der Waals surface area contributed by atoms with Gasteiger partial charge < -0.3 is 24.5 Å². The summed E-state index contributed by atoms with van der Waals surface area (Å²) in [6.45, 7) is 9.42. The normalized spacial score (nSPS) is 31.3. The maximum Gasteiger partial charge on any atom is 0.311 e. The Hall–Kier alpha value is -2.78. The Morgan fingerprint density at radius 3 is 2.42 bits per heavy atom. The van der Waals surface area contributed by atoms with Crippen molar-refractivity contribution >= 4 is 40.9 Å². The molecule has 1 aromatic carbocycles. The smallest absolute Gasteiger partial charge is 0.311 e. The zero-order valence-electron chi connectivity index (χ0n) is 25.9. The van der Waals surface area contributed by atoms with Gasteiger partial charge in [0.1, 0.15) is 6.04 Å². The SMILES string of the molecule is CCN(CC)c1ccc(N2CC=C[C@]34S[C@@]5(C)/C=C\CCCCOC(=O)[C@H]5[C@H]3C(=O)N(CCCCCCO)C4C2=O)cc1. The summed E-state index contributed by atoms with van der Waals surface area (Å²) < 4.78 is 4.23. The zero-order valence-corrected chi connectivity index (χ0v) is 26.7. The molecule has 2 fully saturated rings. The molecule has 0 aromatic heterocycles. The van der Waals surface area contributed by atoms with Crippen molar-refractivity contribution in [3.05, 3.63) is 48.6 Å². The molecule has 2 amide bonds. The first-order valence-electron chi connectivity index (χ1n) is 16.1. The fraction of sp³-hybridized carbons (Fsp3) is 0.618. The van der Waals surface area contributed by atoms with Crippen molar-refractivity contribution in [3.8, 4) is 0 Å². The molecule has 0 radical (unpaired) electrons. The van der Waals surface area contributed by atoms with Crippen LogP contribution >= 0.6 is 11.8 Å². The second-order valence-electron chi connectivity index (χ2n) is 12.3. The van der Waals surface area contributed by atoms with Crippen LogP contribution in [0.3, 0.4) is 0 Å². The first kappa shape index (κ1) is 31.6. The molecule has 8 nitrogen and oxygen atoms in total. The molecular formula is C34H47N3O5S. The Morgan fingerprint density at radius 1 is 0.953 bits per heavy atom. The van der Waals surface area contributed by atoms with Gasteiger partial charge in [-0.2, -0.15) is 0 Å². The van der Waals surface area contributed by atoms with E-state index in [0.29, 0.717) is 19.7 Å². The third kappa shape index (κ3) is 5.87. The van der Waals surface area contributed by atoms with E-state index in [1.165, 1.54) is 0 Å². The predicted octanol–water partition coefficient (Wildman–Crippen LogP) is 4.96. The van der Waals surface area contributed by atoms with Gasteiger partial charge in [-0.05, 0) is 77.1 Å². The second kappa shape index (κ2) is 13.5. The van der Waals surface area contributed by atoms with E-state index < -0.39 is 27.4 Å². The van der Waals surface area contributed by atoms with E-state index >= 15 is 0 Å². The van der Waals surface area contributed by atoms with Crippen molar-refractivity contribution in [1.82, 2.24) is 4.90 Å². The van der Waals surface area contributed by atoms with E-state index in [1.807, 2.05) is 25.1 Å². The Morgan fingerprint density at radius 2 is 1.70 bits per heavy atom. The minimum atomic E-state index is -0.883. The highest BCUT2D eigenvalue weighted by atomic mass is 32.2. The number of hydrogen-bond acceptors (Lipinski definition) is 7. The number of unbranched alkanes of at least 4 members (excludes halogenated alkanes) is 3. The summed E-state index contributed by atoms with van der Waals surface area (Å²) in [7, 11) is 0. The number of aliphatic hydroxyl groups excluding tert-OH is 1. The summed E-state index contributed by atoms with van der Waals surface area (Å²) in [6, 6.07) is 7.37. The first-order chi connectivity index (χ1) is 20.8. The minimum absolute atomic E-state index is 0.107. The first-order valence-corrected chi connectivity index (χ1v) is 16.9. The van der Waals surface area contributed by atoms with Gasteiger partial charge in [0, 0.05) is 48.9 Å². The number of aliphatic hydroxyl groups is 1. The molecule has 1 spiro atoms. The molecule has 0 bridgehead atoms. The summed E-state index contributed by atoms with van der Waals surface area (Å²) in [6.07, 6.45) is 14.1. The van der Waals surface area contributed by atoms with Gasteiger partial charge in [0.2, 0.25) is 5.91 Å². The van der Waals surface area contributed by atoms with Crippen molar-refractivity contribution in [2.24, 2.45) is 11.8 Å². The number of nitrogens with zero attached hydrogens (tertiary/aromatic N) is 3. The number of cyclic esters (lactones) is 1. The number of benzene rings is 1. The minimum Gasteiger partial charge on any atom is -0.465 e. The highest BCUT2D eigenvalue weighted by Crippen LogP contribution is 2.65. The molecule has 0 saturated carbocycles. The molecule has 234 valence electrons. The average Bonchev–Trinajstić information content (AvgIpc) is 3.32. The number of thioether (sulfide) groups is 1. The van der Waals surface area contributed by atoms with E-state index in [0.717, 1.165) is 69.4 Å². The number of rotatable bonds is 10. The molecule has 0 aliphatic carbocycles. The van der Waals surface area contributed by atoms with Crippen LogP contribution in [-0.4, -0.2) is 82.7 Å². The number of likely N-dealkylation sites (tertiary alicyclic amines) is 1. The number of carbonyl (C=O) groups is 3. The fourth-order valence-electron chi connectivity index (χ4n) is 7.45. The number of fused-ring (bicyclic) bond motifs is 2. The van der Waals surface area contributed by atoms with Crippen LogP contribution in [-0.2, 0) is 19.1 Å². The number of allylic oxidation sites excluding steroid dienone is 1. The van der Waals surface area contributed by atoms with Crippen molar-refractivity contribution < 1.29 is 24.2 Å². The quantitative estimate of drug-likeness (QED) is 0.228. The second-order valence-corrected chi connectivity index (χ2v) is 14.1. The highest BCUT2D eigenvalue weighted by molar-refractivity contribution is 8.02. The lowest BCUT2D eigenvalue weighted by atomic mass is 9.74. The molecule has 1 N–H and O–H groups in total. The summed E-state index contributed by atoms with van der Waals surface area (Å²) in [5, 5.41) is 9.22. The van der Waals surface area contributed by atoms with Gasteiger partial charge in [-0.3, -0.25) is 14.4 Å². The van der Waals surface area contributed by atoms with Gasteiger partial charge in [0.05, 0.1) is 23.2 Å². The standard InChI is InChI=1S/C34H47N3O5S/c1-4-35(5-2)25-15-17-26(18-16-25)36-22-14-20-34-27(28-32(41)42-24-13-9-6-10-19-33(28,3)43-34)30(39)37(29(34)31(36)40)21-11-7-8-12-23-38/h10,14-20,27-29,38H,4-9,11-13,21-24H2,1-3H3/b19-10-/t27-,28+,29?,33-,34-/m0/s1. The van der Waals surface area contributed by atoms with E-state index in [9.17, 15) is 19.5 Å². The van der Waals surface area contributed by atoms with E-state index in [1.54, 1.807) is 21.6 Å². The van der Waals surface area contributed by atoms with E-state index in [2.05, 4.69) is 49.1 Å². The van der Waals surface area contributed by atoms with Gasteiger partial charge in [-0.15, -0.1) is 11.8 Å². The Balaban J connectivity index is 1.54. The van der Waals surface area contributed by atoms with Crippen LogP contribution in [0.4, 0.5) is 11.4 Å². The van der Waals surface area contributed by atoms with Crippen LogP contribution in [0.15, 0.2) is 48.6 Å². The lowest BCUT2D eigenvalue weighted by Crippen LogP contribution is -2.53. The van der Waals surface area contributed by atoms with E-state index in [4.69, 9.17) is 4.74 Å². The Kier molecular flexibility index (Phi) is 9.91. The Bertz CT molecular complexity index is 1230. The molecule has 43 heavy (non-hydrogen) atoms. The highest BCUT2D eigenvalue weighted by Gasteiger charge is 2.73. The van der Waals surface area contributed by atoms with Gasteiger partial charge in [0.25, 0.3) is 5.91 Å². The molecule has 9 heteroatoms. The molecule has 5 rings (SSSR count). The van der Waals surface area contributed by atoms with Gasteiger partial charge in [-0.25, -0.2) is 0 Å². The molecule has 1 aromatic rings. The summed E-state index contributed by atoms with van der Waals surface area (Å²) in [5.41, 5.74) is 1.91. The molecule has 4 aliphatic heterocycles. The molecular weight excluding hydrogens is 562 g/mol. The van der Waals surface area contributed by atoms with Crippen LogP contribution in [0.25, 0.3) is 0 Å². The number of hydrogen-bond donors (Lipinski definition) is 1. The lowest BCUT2D eigenvalue weighted by molar-refractivity contribution is -0.154. The maximum atomic E-state index is 14.7. The summed E-state index contributed by atoms with van der Waals surface area (Å²) in [4.78, 5) is 48.8. The third-order valence-electron chi connectivity index (χ3n) is 9.60. The zero-order chi connectivity index (χ0) is 30.6. The van der Waals surface area contributed by atoms with Crippen molar-refractivity contribution in [1.29, 1.82) is 0 Å². The number of ether oxygens (including phenoxy) is 1. The molecule has 2 saturated heterocycles. The van der Waals surface area contributed by atoms with Crippen LogP contribution in [0.2, 0.25) is 0 Å². The van der Waals surface area contributed by atoms with Gasteiger partial charge in [-0.1, -0.05) is 37.1 Å². The number of esters is 1.